The number of imidazole rings is 1. The van der Waals surface area contributed by atoms with E-state index in [-0.39, 0.29) is 23.7 Å². The van der Waals surface area contributed by atoms with Crippen molar-refractivity contribution in [2.24, 2.45) is 0 Å². The summed E-state index contributed by atoms with van der Waals surface area (Å²) < 4.78 is 9.52. The second-order valence-corrected chi connectivity index (χ2v) is 12.8. The van der Waals surface area contributed by atoms with Crippen molar-refractivity contribution in [3.8, 4) is 11.4 Å². The van der Waals surface area contributed by atoms with Gasteiger partial charge in [0.25, 0.3) is 5.91 Å². The number of hydrogen-bond acceptors (Lipinski definition) is 8. The molecule has 2 aliphatic rings. The molecule has 0 bridgehead atoms. The Morgan fingerprint density at radius 2 is 1.82 bits per heavy atom. The van der Waals surface area contributed by atoms with Crippen LogP contribution in [-0.2, 0) is 12.0 Å². The van der Waals surface area contributed by atoms with Crippen LogP contribution < -0.4 is 9.64 Å². The maximum atomic E-state index is 14.1. The van der Waals surface area contributed by atoms with Crippen molar-refractivity contribution in [1.82, 2.24) is 39.6 Å². The predicted octanol–water partition coefficient (Wildman–Crippen LogP) is 5.40. The molecule has 0 spiro atoms. The molecule has 0 radical (unpaired) electrons. The quantitative estimate of drug-likeness (QED) is 0.181. The molecule has 2 aromatic heterocycles. The smallest absolute Gasteiger partial charge is 0.257 e. The second-order valence-electron chi connectivity index (χ2n) is 12.8. The first-order chi connectivity index (χ1) is 23.6. The lowest BCUT2D eigenvalue weighted by Gasteiger charge is -2.33. The van der Waals surface area contributed by atoms with Gasteiger partial charge in [-0.25, -0.2) is 9.67 Å². The molecular weight excluding hydrogens is 638 g/mol. The van der Waals surface area contributed by atoms with Crippen molar-refractivity contribution in [2.75, 3.05) is 57.8 Å². The third kappa shape index (κ3) is 7.04. The van der Waals surface area contributed by atoms with Gasteiger partial charge in [0.05, 0.1) is 29.4 Å². The lowest BCUT2D eigenvalue weighted by Crippen LogP contribution is -2.39. The molecule has 7 rings (SSSR count). The molecular formula is C37H44ClN9O2. The highest BCUT2D eigenvalue weighted by atomic mass is 35.5. The van der Waals surface area contributed by atoms with E-state index in [9.17, 15) is 4.79 Å². The number of rotatable bonds is 10. The third-order valence-corrected chi connectivity index (χ3v) is 9.99. The fourth-order valence-electron chi connectivity index (χ4n) is 7.34. The normalized spacial score (nSPS) is 18.6. The number of carbonyl (C=O) groups is 1. The first-order valence-electron chi connectivity index (χ1n) is 16.9. The molecule has 0 aliphatic carbocycles. The zero-order valence-electron chi connectivity index (χ0n) is 28.2. The highest BCUT2D eigenvalue weighted by Gasteiger charge is 2.42. The molecule has 49 heavy (non-hydrogen) atoms. The van der Waals surface area contributed by atoms with Gasteiger partial charge in [-0.05, 0) is 85.6 Å². The van der Waals surface area contributed by atoms with E-state index in [1.165, 1.54) is 17.4 Å². The molecule has 1 unspecified atom stereocenters. The minimum absolute atomic E-state index is 0. The van der Waals surface area contributed by atoms with Gasteiger partial charge in [-0.2, -0.15) is 0 Å². The topological polar surface area (TPSA) is 97.4 Å². The number of para-hydroxylation sites is 2. The number of likely N-dealkylation sites (tertiary alicyclic amines) is 1. The molecule has 1 amide bonds. The van der Waals surface area contributed by atoms with Crippen molar-refractivity contribution >= 4 is 35.3 Å². The standard InChI is InChI=1S/C37H43N9O2.ClH/c1-3-4-21-45-33-14-9-8-13-32(33)39-36(45)43-20-10-19-42(24-25-43)22-17-37(29-11-6-5-7-12-29)18-23-44(27-37)35(47)31-26-30(15-16-34(31)48-2)46-28-38-40-41-46;/h3-9,11-16,26,28H,10,17-25,27H2,1-2H3;1H. The number of halogens is 1. The molecule has 0 saturated carbocycles. The summed E-state index contributed by atoms with van der Waals surface area (Å²) in [4.78, 5) is 26.2. The summed E-state index contributed by atoms with van der Waals surface area (Å²) >= 11 is 0. The summed E-state index contributed by atoms with van der Waals surface area (Å²) in [6, 6.07) is 24.7. The van der Waals surface area contributed by atoms with E-state index in [0.29, 0.717) is 30.1 Å². The Kier molecular flexibility index (Phi) is 10.6. The fraction of sp³-hybridized carbons (Fsp3) is 0.378. The maximum Gasteiger partial charge on any atom is 0.257 e. The summed E-state index contributed by atoms with van der Waals surface area (Å²) in [5, 5.41) is 11.5. The van der Waals surface area contributed by atoms with Crippen LogP contribution in [0, 0.1) is 0 Å². The van der Waals surface area contributed by atoms with Crippen LogP contribution in [0.1, 0.15) is 42.1 Å². The summed E-state index contributed by atoms with van der Waals surface area (Å²) in [6.07, 6.45) is 8.78. The fourth-order valence-corrected chi connectivity index (χ4v) is 7.34. The van der Waals surface area contributed by atoms with Crippen LogP contribution >= 0.6 is 12.4 Å². The minimum Gasteiger partial charge on any atom is -0.496 e. The molecule has 3 aromatic carbocycles. The van der Waals surface area contributed by atoms with Gasteiger partial charge in [-0.15, -0.1) is 17.5 Å². The maximum absolute atomic E-state index is 14.1. The number of fused-ring (bicyclic) bond motifs is 1. The van der Waals surface area contributed by atoms with E-state index >= 15 is 0 Å². The summed E-state index contributed by atoms with van der Waals surface area (Å²) in [5.74, 6) is 1.56. The highest BCUT2D eigenvalue weighted by Crippen LogP contribution is 2.39. The van der Waals surface area contributed by atoms with E-state index < -0.39 is 0 Å². The first kappa shape index (κ1) is 34.1. The van der Waals surface area contributed by atoms with Crippen LogP contribution in [0.25, 0.3) is 16.7 Å². The van der Waals surface area contributed by atoms with Gasteiger partial charge in [0.2, 0.25) is 5.95 Å². The monoisotopic (exact) mass is 681 g/mol. The van der Waals surface area contributed by atoms with Crippen molar-refractivity contribution in [3.63, 3.8) is 0 Å². The molecule has 5 aromatic rings. The van der Waals surface area contributed by atoms with Crippen molar-refractivity contribution < 1.29 is 9.53 Å². The van der Waals surface area contributed by atoms with Crippen LogP contribution in [0.3, 0.4) is 0 Å². The average molecular weight is 682 g/mol. The van der Waals surface area contributed by atoms with Gasteiger partial charge in [0.1, 0.15) is 12.1 Å². The summed E-state index contributed by atoms with van der Waals surface area (Å²) in [6.45, 7) is 9.12. The highest BCUT2D eigenvalue weighted by molar-refractivity contribution is 5.98. The van der Waals surface area contributed by atoms with Crippen molar-refractivity contribution in [2.45, 2.75) is 38.1 Å². The molecule has 4 heterocycles. The summed E-state index contributed by atoms with van der Waals surface area (Å²) in [5.41, 5.74) is 4.61. The lowest BCUT2D eigenvalue weighted by atomic mass is 9.76. The van der Waals surface area contributed by atoms with E-state index in [2.05, 4.69) is 104 Å². The average Bonchev–Trinajstić information content (AvgIpc) is 3.87. The van der Waals surface area contributed by atoms with E-state index in [1.54, 1.807) is 11.8 Å². The van der Waals surface area contributed by atoms with Gasteiger partial charge < -0.3 is 24.0 Å². The van der Waals surface area contributed by atoms with E-state index in [1.807, 2.05) is 23.1 Å². The van der Waals surface area contributed by atoms with Crippen LogP contribution in [0.4, 0.5) is 5.95 Å². The number of tetrazole rings is 1. The minimum atomic E-state index is -0.135. The van der Waals surface area contributed by atoms with Crippen LogP contribution in [0.2, 0.25) is 0 Å². The van der Waals surface area contributed by atoms with Crippen molar-refractivity contribution in [3.05, 3.63) is 102 Å². The van der Waals surface area contributed by atoms with Gasteiger partial charge in [0, 0.05) is 44.7 Å². The SMILES string of the molecule is CC=CCn1c(N2CCCN(CCC3(c4ccccc4)CCN(C(=O)c4cc(-n5cnnn5)ccc4OC)C3)CC2)nc2ccccc21.Cl. The van der Waals surface area contributed by atoms with Gasteiger partial charge in [0.15, 0.2) is 0 Å². The number of allylic oxidation sites excluding steroid dienone is 2. The number of ether oxygens (including phenoxy) is 1. The summed E-state index contributed by atoms with van der Waals surface area (Å²) in [7, 11) is 1.60. The number of nitrogens with zero attached hydrogens (tertiary/aromatic N) is 9. The number of methoxy groups -OCH3 is 1. The van der Waals surface area contributed by atoms with Gasteiger partial charge in [-0.3, -0.25) is 4.79 Å². The predicted molar refractivity (Wildman–Crippen MR) is 194 cm³/mol. The number of amides is 1. The number of aromatic nitrogens is 6. The van der Waals surface area contributed by atoms with E-state index in [0.717, 1.165) is 70.0 Å². The molecule has 1 atom stereocenters. The third-order valence-electron chi connectivity index (χ3n) is 9.99. The molecule has 12 heteroatoms. The van der Waals surface area contributed by atoms with Crippen LogP contribution in [0.5, 0.6) is 5.75 Å². The molecule has 256 valence electrons. The number of carbonyl (C=O) groups excluding carboxylic acids is 1. The number of benzene rings is 3. The molecule has 11 nitrogen and oxygen atoms in total. The molecule has 2 saturated heterocycles. The Bertz CT molecular complexity index is 1880. The van der Waals surface area contributed by atoms with Gasteiger partial charge >= 0.3 is 0 Å². The van der Waals surface area contributed by atoms with Crippen LogP contribution in [0.15, 0.2) is 91.3 Å². The van der Waals surface area contributed by atoms with Gasteiger partial charge in [-0.1, -0.05) is 54.6 Å². The van der Waals surface area contributed by atoms with Crippen molar-refractivity contribution in [1.29, 1.82) is 0 Å². The molecule has 2 fully saturated rings. The van der Waals surface area contributed by atoms with Crippen LogP contribution in [-0.4, -0.2) is 98.4 Å². The molecule has 2 aliphatic heterocycles. The Labute approximate surface area is 293 Å². The molecule has 0 N–H and O–H groups in total. The zero-order chi connectivity index (χ0) is 32.9. The Morgan fingerprint density at radius 3 is 2.61 bits per heavy atom. The van der Waals surface area contributed by atoms with E-state index in [4.69, 9.17) is 9.72 Å². The number of anilines is 1. The Balaban J connectivity index is 0.00000417. The lowest BCUT2D eigenvalue weighted by molar-refractivity contribution is 0.0777. The largest absolute Gasteiger partial charge is 0.496 e. The second kappa shape index (κ2) is 15.2. The zero-order valence-corrected chi connectivity index (χ0v) is 29.0. The number of hydrogen-bond donors (Lipinski definition) is 0. The first-order valence-corrected chi connectivity index (χ1v) is 16.9. The Hall–Kier alpha value is -4.74. The Morgan fingerprint density at radius 1 is 0.980 bits per heavy atom.